The summed E-state index contributed by atoms with van der Waals surface area (Å²) in [4.78, 5) is 0. The van der Waals surface area contributed by atoms with Gasteiger partial charge >= 0.3 is 0 Å². The second kappa shape index (κ2) is 7.25. The van der Waals surface area contributed by atoms with Crippen molar-refractivity contribution in [3.63, 3.8) is 0 Å². The van der Waals surface area contributed by atoms with Crippen molar-refractivity contribution < 1.29 is 9.84 Å². The lowest BCUT2D eigenvalue weighted by atomic mass is 10.2. The predicted octanol–water partition coefficient (Wildman–Crippen LogP) is 2.20. The van der Waals surface area contributed by atoms with Crippen LogP contribution >= 0.6 is 27.5 Å². The van der Waals surface area contributed by atoms with Crippen LogP contribution in [0.3, 0.4) is 0 Å². The fourth-order valence-corrected chi connectivity index (χ4v) is 1.90. The van der Waals surface area contributed by atoms with Crippen molar-refractivity contribution >= 4 is 27.5 Å². The molecule has 0 saturated carbocycles. The maximum absolute atomic E-state index is 9.42. The van der Waals surface area contributed by atoms with E-state index in [9.17, 15) is 5.11 Å². The van der Waals surface area contributed by atoms with Gasteiger partial charge in [0, 0.05) is 29.7 Å². The first-order chi connectivity index (χ1) is 7.63. The van der Waals surface area contributed by atoms with Crippen LogP contribution in [0.15, 0.2) is 22.7 Å². The van der Waals surface area contributed by atoms with E-state index in [-0.39, 0.29) is 0 Å². The minimum absolute atomic E-state index is 0.333. The number of aliphatic hydroxyl groups is 1. The van der Waals surface area contributed by atoms with Gasteiger partial charge in [-0.05, 0) is 23.8 Å². The van der Waals surface area contributed by atoms with Crippen LogP contribution in [0.1, 0.15) is 5.56 Å². The lowest BCUT2D eigenvalue weighted by Gasteiger charge is -2.11. The van der Waals surface area contributed by atoms with Gasteiger partial charge < -0.3 is 15.2 Å². The lowest BCUT2D eigenvalue weighted by molar-refractivity contribution is 0.0644. The quantitative estimate of drug-likeness (QED) is 0.846. The average molecular weight is 309 g/mol. The number of aliphatic hydroxyl groups excluding tert-OH is 1. The maximum Gasteiger partial charge on any atom is 0.0897 e. The highest BCUT2D eigenvalue weighted by molar-refractivity contribution is 9.10. The predicted molar refractivity (Wildman–Crippen MR) is 68.7 cm³/mol. The first kappa shape index (κ1) is 13.9. The average Bonchev–Trinajstić information content (AvgIpc) is 2.23. The van der Waals surface area contributed by atoms with Crippen LogP contribution in [0.5, 0.6) is 0 Å². The molecule has 1 atom stereocenters. The highest BCUT2D eigenvalue weighted by atomic mass is 79.9. The normalized spacial score (nSPS) is 12.8. The van der Waals surface area contributed by atoms with Crippen LogP contribution in [0.4, 0.5) is 0 Å². The molecular formula is C11H15BrClNO2. The van der Waals surface area contributed by atoms with Crippen molar-refractivity contribution in [1.29, 1.82) is 0 Å². The first-order valence-corrected chi connectivity index (χ1v) is 6.12. The highest BCUT2D eigenvalue weighted by Crippen LogP contribution is 2.20. The number of benzene rings is 1. The van der Waals surface area contributed by atoms with Crippen LogP contribution in [-0.2, 0) is 11.3 Å². The fourth-order valence-electron chi connectivity index (χ4n) is 1.30. The molecule has 0 amide bonds. The Hall–Kier alpha value is -0.130. The van der Waals surface area contributed by atoms with Gasteiger partial charge in [-0.2, -0.15) is 0 Å². The zero-order chi connectivity index (χ0) is 12.0. The zero-order valence-corrected chi connectivity index (χ0v) is 11.4. The summed E-state index contributed by atoms with van der Waals surface area (Å²) in [5, 5.41) is 13.3. The second-order valence-electron chi connectivity index (χ2n) is 3.48. The van der Waals surface area contributed by atoms with Crippen LogP contribution < -0.4 is 5.32 Å². The molecule has 16 heavy (non-hydrogen) atoms. The molecule has 0 aliphatic rings. The van der Waals surface area contributed by atoms with Crippen LogP contribution in [0.25, 0.3) is 0 Å². The summed E-state index contributed by atoms with van der Waals surface area (Å²) in [6, 6.07) is 5.69. The molecule has 0 heterocycles. The number of hydrogen-bond acceptors (Lipinski definition) is 3. The largest absolute Gasteiger partial charge is 0.389 e. The van der Waals surface area contributed by atoms with Crippen molar-refractivity contribution in [3.8, 4) is 0 Å². The molecule has 1 aromatic carbocycles. The third-order valence-electron chi connectivity index (χ3n) is 2.06. The highest BCUT2D eigenvalue weighted by Gasteiger charge is 2.04. The monoisotopic (exact) mass is 307 g/mol. The molecule has 2 N–H and O–H groups in total. The summed E-state index contributed by atoms with van der Waals surface area (Å²) >= 11 is 9.41. The fraction of sp³-hybridized carbons (Fsp3) is 0.455. The first-order valence-electron chi connectivity index (χ1n) is 4.95. The topological polar surface area (TPSA) is 41.5 Å². The van der Waals surface area contributed by atoms with Gasteiger partial charge in [-0.1, -0.05) is 27.5 Å². The van der Waals surface area contributed by atoms with Gasteiger partial charge in [0.05, 0.1) is 12.7 Å². The van der Waals surface area contributed by atoms with E-state index in [0.717, 1.165) is 15.1 Å². The van der Waals surface area contributed by atoms with E-state index in [0.29, 0.717) is 19.7 Å². The number of methoxy groups -OCH3 is 1. The summed E-state index contributed by atoms with van der Waals surface area (Å²) in [6.45, 7) is 1.44. The van der Waals surface area contributed by atoms with Crippen LogP contribution in [0, 0.1) is 0 Å². The molecule has 0 fully saturated rings. The van der Waals surface area contributed by atoms with Crippen molar-refractivity contribution in [2.45, 2.75) is 12.6 Å². The molecular weight excluding hydrogens is 293 g/mol. The number of hydrogen-bond donors (Lipinski definition) is 2. The summed E-state index contributed by atoms with van der Waals surface area (Å²) < 4.78 is 5.82. The van der Waals surface area contributed by atoms with E-state index in [1.807, 2.05) is 18.2 Å². The summed E-state index contributed by atoms with van der Waals surface area (Å²) in [7, 11) is 1.56. The Morgan fingerprint density at radius 1 is 1.56 bits per heavy atom. The van der Waals surface area contributed by atoms with Crippen LogP contribution in [-0.4, -0.2) is 31.5 Å². The zero-order valence-electron chi connectivity index (χ0n) is 9.04. The Morgan fingerprint density at radius 3 is 3.00 bits per heavy atom. The smallest absolute Gasteiger partial charge is 0.0897 e. The SMILES string of the molecule is COCC(O)CNCc1cc(Br)ccc1Cl. The van der Waals surface area contributed by atoms with E-state index >= 15 is 0 Å². The van der Waals surface area contributed by atoms with Crippen molar-refractivity contribution in [2.24, 2.45) is 0 Å². The van der Waals surface area contributed by atoms with Crippen molar-refractivity contribution in [1.82, 2.24) is 5.32 Å². The molecule has 3 nitrogen and oxygen atoms in total. The number of halogens is 2. The molecule has 0 saturated heterocycles. The van der Waals surface area contributed by atoms with E-state index in [4.69, 9.17) is 16.3 Å². The Labute approximate surface area is 109 Å². The Kier molecular flexibility index (Phi) is 6.31. The third kappa shape index (κ3) is 4.80. The summed E-state index contributed by atoms with van der Waals surface area (Å²) in [5.74, 6) is 0. The minimum atomic E-state index is -0.490. The van der Waals surface area contributed by atoms with Gasteiger partial charge in [0.2, 0.25) is 0 Å². The van der Waals surface area contributed by atoms with Gasteiger partial charge in [0.1, 0.15) is 0 Å². The van der Waals surface area contributed by atoms with E-state index < -0.39 is 6.10 Å². The maximum atomic E-state index is 9.42. The Bertz CT molecular complexity index is 336. The Balaban J connectivity index is 2.39. The van der Waals surface area contributed by atoms with Crippen LogP contribution in [0.2, 0.25) is 5.02 Å². The third-order valence-corrected chi connectivity index (χ3v) is 2.92. The van der Waals surface area contributed by atoms with Crippen molar-refractivity contribution in [2.75, 3.05) is 20.3 Å². The molecule has 1 aromatic rings. The summed E-state index contributed by atoms with van der Waals surface area (Å²) in [6.07, 6.45) is -0.490. The molecule has 0 aliphatic carbocycles. The standard InChI is InChI=1S/C11H15BrClNO2/c1-16-7-10(15)6-14-5-8-4-9(12)2-3-11(8)13/h2-4,10,14-15H,5-7H2,1H3. The van der Waals surface area contributed by atoms with Crippen molar-refractivity contribution in [3.05, 3.63) is 33.3 Å². The van der Waals surface area contributed by atoms with E-state index in [1.54, 1.807) is 7.11 Å². The number of rotatable bonds is 6. The Morgan fingerprint density at radius 2 is 2.31 bits per heavy atom. The number of ether oxygens (including phenoxy) is 1. The molecule has 0 spiro atoms. The molecule has 5 heteroatoms. The van der Waals surface area contributed by atoms with Gasteiger partial charge in [-0.3, -0.25) is 0 Å². The number of nitrogens with one attached hydrogen (secondary N) is 1. The minimum Gasteiger partial charge on any atom is -0.389 e. The molecule has 90 valence electrons. The van der Waals surface area contributed by atoms with Gasteiger partial charge in [-0.15, -0.1) is 0 Å². The van der Waals surface area contributed by atoms with Gasteiger partial charge in [0.15, 0.2) is 0 Å². The molecule has 1 rings (SSSR count). The molecule has 0 bridgehead atoms. The molecule has 0 aromatic heterocycles. The molecule has 0 aliphatic heterocycles. The van der Waals surface area contributed by atoms with E-state index in [2.05, 4.69) is 21.2 Å². The molecule has 1 unspecified atom stereocenters. The summed E-state index contributed by atoms with van der Waals surface area (Å²) in [5.41, 5.74) is 1.00. The van der Waals surface area contributed by atoms with E-state index in [1.165, 1.54) is 0 Å². The van der Waals surface area contributed by atoms with Gasteiger partial charge in [0.25, 0.3) is 0 Å². The molecule has 0 radical (unpaired) electrons. The lowest BCUT2D eigenvalue weighted by Crippen LogP contribution is -2.29. The van der Waals surface area contributed by atoms with Gasteiger partial charge in [-0.25, -0.2) is 0 Å². The second-order valence-corrected chi connectivity index (χ2v) is 4.80.